The fourth-order valence-corrected chi connectivity index (χ4v) is 4.74. The lowest BCUT2D eigenvalue weighted by Gasteiger charge is -2.31. The van der Waals surface area contributed by atoms with Crippen LogP contribution in [0.15, 0.2) is 84.9 Å². The monoisotopic (exact) mass is 415 g/mol. The third-order valence-electron chi connectivity index (χ3n) is 6.18. The first kappa shape index (κ1) is 18.3. The lowest BCUT2D eigenvalue weighted by Crippen LogP contribution is -2.13. The van der Waals surface area contributed by atoms with Gasteiger partial charge in [0, 0.05) is 17.0 Å². The van der Waals surface area contributed by atoms with Crippen LogP contribution in [0.5, 0.6) is 23.0 Å². The van der Waals surface area contributed by atoms with Crippen molar-refractivity contribution in [3.05, 3.63) is 107 Å². The van der Waals surface area contributed by atoms with E-state index >= 15 is 0 Å². The molecule has 6 rings (SSSR count). The van der Waals surface area contributed by atoms with E-state index in [4.69, 9.17) is 4.74 Å². The first-order valence-corrected chi connectivity index (χ1v) is 10.3. The molecular weight excluding hydrogens is 398 g/mol. The van der Waals surface area contributed by atoms with E-state index in [2.05, 4.69) is 6.07 Å². The summed E-state index contributed by atoms with van der Waals surface area (Å²) >= 11 is 0. The Bertz CT molecular complexity index is 1490. The van der Waals surface area contributed by atoms with Gasteiger partial charge in [0.05, 0.1) is 11.6 Å². The molecule has 0 radical (unpaired) electrons. The molecule has 0 aromatic heterocycles. The smallest absolute Gasteiger partial charge is 0.132 e. The molecular formula is C28H17NO3. The molecule has 0 fully saturated rings. The van der Waals surface area contributed by atoms with Gasteiger partial charge in [-0.05, 0) is 75.6 Å². The zero-order chi connectivity index (χ0) is 21.8. The number of aromatic hydroxyl groups is 2. The van der Waals surface area contributed by atoms with Crippen LogP contribution in [0.4, 0.5) is 0 Å². The maximum Gasteiger partial charge on any atom is 0.132 e. The standard InChI is InChI=1S/C28H17NO3/c29-15-16-1-3-19(4-2-16)26-27-22-13-20(30)9-5-17(22)7-11-24(27)32-25-12-8-18-6-10-21(31)14-23(18)28(25)26/h1-14,26,30-31H. The molecule has 1 heterocycles. The van der Waals surface area contributed by atoms with Gasteiger partial charge in [-0.25, -0.2) is 0 Å². The molecule has 0 amide bonds. The van der Waals surface area contributed by atoms with Crippen molar-refractivity contribution in [3.8, 4) is 29.1 Å². The minimum absolute atomic E-state index is 0.186. The Morgan fingerprint density at radius 1 is 0.656 bits per heavy atom. The number of fused-ring (bicyclic) bond motifs is 6. The summed E-state index contributed by atoms with van der Waals surface area (Å²) in [6.07, 6.45) is 0. The van der Waals surface area contributed by atoms with E-state index < -0.39 is 0 Å². The van der Waals surface area contributed by atoms with Gasteiger partial charge in [-0.1, -0.05) is 36.4 Å². The molecule has 1 aliphatic heterocycles. The molecule has 5 aromatic carbocycles. The summed E-state index contributed by atoms with van der Waals surface area (Å²) in [5.74, 6) is 1.61. The van der Waals surface area contributed by atoms with E-state index in [-0.39, 0.29) is 17.4 Å². The normalized spacial score (nSPS) is 12.7. The highest BCUT2D eigenvalue weighted by molar-refractivity contribution is 5.96. The molecule has 5 aromatic rings. The predicted molar refractivity (Wildman–Crippen MR) is 123 cm³/mol. The van der Waals surface area contributed by atoms with Gasteiger partial charge in [-0.15, -0.1) is 0 Å². The van der Waals surface area contributed by atoms with Crippen LogP contribution < -0.4 is 4.74 Å². The van der Waals surface area contributed by atoms with Crippen molar-refractivity contribution in [2.45, 2.75) is 5.92 Å². The molecule has 4 nitrogen and oxygen atoms in total. The van der Waals surface area contributed by atoms with Crippen LogP contribution in [0.25, 0.3) is 21.5 Å². The largest absolute Gasteiger partial charge is 0.508 e. The number of hydrogen-bond donors (Lipinski definition) is 2. The lowest BCUT2D eigenvalue weighted by molar-refractivity contribution is 0.455. The third kappa shape index (κ3) is 2.69. The van der Waals surface area contributed by atoms with E-state index in [9.17, 15) is 15.5 Å². The summed E-state index contributed by atoms with van der Waals surface area (Å²) in [5, 5.41) is 33.6. The zero-order valence-corrected chi connectivity index (χ0v) is 16.9. The van der Waals surface area contributed by atoms with E-state index in [0.717, 1.165) is 49.7 Å². The first-order valence-electron chi connectivity index (χ1n) is 10.3. The maximum absolute atomic E-state index is 10.3. The molecule has 1 aliphatic rings. The molecule has 0 unspecified atom stereocenters. The Kier molecular flexibility index (Phi) is 3.87. The number of phenolic OH excluding ortho intramolecular Hbond substituents is 2. The predicted octanol–water partition coefficient (Wildman–Crippen LogP) is 6.56. The lowest BCUT2D eigenvalue weighted by atomic mass is 9.78. The summed E-state index contributed by atoms with van der Waals surface area (Å²) in [6.45, 7) is 0. The molecule has 0 saturated heterocycles. The minimum Gasteiger partial charge on any atom is -0.508 e. The second-order valence-corrected chi connectivity index (χ2v) is 8.03. The highest BCUT2D eigenvalue weighted by Gasteiger charge is 2.32. The average molecular weight is 415 g/mol. The fraction of sp³-hybridized carbons (Fsp3) is 0.0357. The Morgan fingerprint density at radius 2 is 1.16 bits per heavy atom. The second kappa shape index (κ2) is 6.76. The van der Waals surface area contributed by atoms with Gasteiger partial charge in [-0.3, -0.25) is 0 Å². The molecule has 0 spiro atoms. The van der Waals surface area contributed by atoms with Crippen LogP contribution in [0, 0.1) is 11.3 Å². The Hall–Kier alpha value is -4.49. The average Bonchev–Trinajstić information content (AvgIpc) is 2.82. The van der Waals surface area contributed by atoms with Gasteiger partial charge in [0.25, 0.3) is 0 Å². The van der Waals surface area contributed by atoms with Crippen molar-refractivity contribution in [3.63, 3.8) is 0 Å². The summed E-state index contributed by atoms with van der Waals surface area (Å²) < 4.78 is 6.35. The number of nitrogens with zero attached hydrogens (tertiary/aromatic N) is 1. The van der Waals surface area contributed by atoms with Gasteiger partial charge >= 0.3 is 0 Å². The van der Waals surface area contributed by atoms with Crippen molar-refractivity contribution in [1.29, 1.82) is 5.26 Å². The quantitative estimate of drug-likeness (QED) is 0.319. The molecule has 0 atom stereocenters. The molecule has 2 N–H and O–H groups in total. The summed E-state index contributed by atoms with van der Waals surface area (Å²) in [7, 11) is 0. The molecule has 0 saturated carbocycles. The Balaban J connectivity index is 1.74. The molecule has 32 heavy (non-hydrogen) atoms. The fourth-order valence-electron chi connectivity index (χ4n) is 4.74. The molecule has 0 aliphatic carbocycles. The Labute approximate surface area is 184 Å². The van der Waals surface area contributed by atoms with Gasteiger partial charge in [0.15, 0.2) is 0 Å². The van der Waals surface area contributed by atoms with Crippen LogP contribution >= 0.6 is 0 Å². The first-order chi connectivity index (χ1) is 15.6. The van der Waals surface area contributed by atoms with Gasteiger partial charge in [-0.2, -0.15) is 5.26 Å². The highest BCUT2D eigenvalue weighted by atomic mass is 16.5. The summed E-state index contributed by atoms with van der Waals surface area (Å²) in [5.41, 5.74) is 3.49. The minimum atomic E-state index is -0.211. The number of nitriles is 1. The Morgan fingerprint density at radius 3 is 1.66 bits per heavy atom. The second-order valence-electron chi connectivity index (χ2n) is 8.03. The van der Waals surface area contributed by atoms with Crippen molar-refractivity contribution in [2.75, 3.05) is 0 Å². The van der Waals surface area contributed by atoms with Crippen LogP contribution in [-0.4, -0.2) is 10.2 Å². The van der Waals surface area contributed by atoms with Crippen LogP contribution in [0.1, 0.15) is 28.2 Å². The van der Waals surface area contributed by atoms with Crippen molar-refractivity contribution in [1.82, 2.24) is 0 Å². The van der Waals surface area contributed by atoms with Crippen LogP contribution in [0.3, 0.4) is 0 Å². The van der Waals surface area contributed by atoms with E-state index in [1.807, 2.05) is 60.7 Å². The SMILES string of the molecule is N#Cc1ccc(C2c3c(ccc4ccc(O)cc34)Oc3ccc4ccc(O)cc4c32)cc1. The van der Waals surface area contributed by atoms with Crippen molar-refractivity contribution in [2.24, 2.45) is 0 Å². The van der Waals surface area contributed by atoms with E-state index in [1.165, 1.54) is 0 Å². The van der Waals surface area contributed by atoms with Gasteiger partial charge < -0.3 is 14.9 Å². The van der Waals surface area contributed by atoms with E-state index in [1.54, 1.807) is 24.3 Å². The zero-order valence-electron chi connectivity index (χ0n) is 16.9. The number of hydrogen-bond acceptors (Lipinski definition) is 4. The number of phenols is 2. The van der Waals surface area contributed by atoms with Gasteiger partial charge in [0.1, 0.15) is 23.0 Å². The van der Waals surface area contributed by atoms with Gasteiger partial charge in [0.2, 0.25) is 0 Å². The van der Waals surface area contributed by atoms with Crippen LogP contribution in [-0.2, 0) is 0 Å². The topological polar surface area (TPSA) is 73.5 Å². The van der Waals surface area contributed by atoms with E-state index in [0.29, 0.717) is 5.56 Å². The van der Waals surface area contributed by atoms with Crippen molar-refractivity contribution >= 4 is 21.5 Å². The number of ether oxygens (including phenoxy) is 1. The summed E-state index contributed by atoms with van der Waals surface area (Å²) in [6, 6.07) is 28.3. The maximum atomic E-state index is 10.3. The number of benzene rings is 5. The third-order valence-corrected chi connectivity index (χ3v) is 6.18. The highest BCUT2D eigenvalue weighted by Crippen LogP contribution is 2.52. The number of rotatable bonds is 1. The van der Waals surface area contributed by atoms with Crippen molar-refractivity contribution < 1.29 is 14.9 Å². The molecule has 4 heteroatoms. The summed E-state index contributed by atoms with van der Waals surface area (Å²) in [4.78, 5) is 0. The van der Waals surface area contributed by atoms with Crippen LogP contribution in [0.2, 0.25) is 0 Å². The molecule has 152 valence electrons. The molecule has 0 bridgehead atoms.